The molecule has 0 bridgehead atoms. The molecule has 0 radical (unpaired) electrons. The maximum Gasteiger partial charge on any atom is 0.251 e. The Kier molecular flexibility index (Phi) is 4.15. The van der Waals surface area contributed by atoms with E-state index in [-0.39, 0.29) is 11.5 Å². The van der Waals surface area contributed by atoms with Crippen LogP contribution in [0, 0.1) is 12.8 Å². The van der Waals surface area contributed by atoms with Crippen LogP contribution in [0.4, 0.5) is 0 Å². The smallest absolute Gasteiger partial charge is 0.251 e. The Hall–Kier alpha value is -1.62. The molecular weight excluding hydrogens is 232 g/mol. The Labute approximate surface area is 106 Å². The monoisotopic (exact) mass is 250 g/mol. The van der Waals surface area contributed by atoms with Crippen LogP contribution in [0.15, 0.2) is 16.9 Å². The van der Waals surface area contributed by atoms with E-state index < -0.39 is 0 Å². The zero-order valence-electron chi connectivity index (χ0n) is 10.5. The topological polar surface area (TPSA) is 71.2 Å². The number of amides is 1. The van der Waals surface area contributed by atoms with Gasteiger partial charge in [0.25, 0.3) is 5.91 Å². The lowest BCUT2D eigenvalue weighted by Crippen LogP contribution is -2.33. The summed E-state index contributed by atoms with van der Waals surface area (Å²) in [5, 5.41) is 2.85. The zero-order chi connectivity index (χ0) is 13.0. The number of aromatic amines is 1. The van der Waals surface area contributed by atoms with Crippen LogP contribution in [0.1, 0.15) is 28.9 Å². The van der Waals surface area contributed by atoms with E-state index in [9.17, 15) is 9.59 Å². The van der Waals surface area contributed by atoms with Gasteiger partial charge in [-0.3, -0.25) is 9.59 Å². The maximum atomic E-state index is 11.9. The van der Waals surface area contributed by atoms with E-state index in [1.54, 1.807) is 13.0 Å². The molecule has 1 aromatic rings. The molecule has 5 nitrogen and oxygen atoms in total. The first-order valence-electron chi connectivity index (χ1n) is 6.22. The summed E-state index contributed by atoms with van der Waals surface area (Å²) in [5.41, 5.74) is 0.850. The number of aromatic nitrogens is 1. The maximum absolute atomic E-state index is 11.9. The average Bonchev–Trinajstić information content (AvgIpc) is 2.36. The summed E-state index contributed by atoms with van der Waals surface area (Å²) >= 11 is 0. The molecule has 2 rings (SSSR count). The highest BCUT2D eigenvalue weighted by Crippen LogP contribution is 2.12. The van der Waals surface area contributed by atoms with Crippen LogP contribution in [-0.2, 0) is 4.74 Å². The van der Waals surface area contributed by atoms with Gasteiger partial charge in [0, 0.05) is 30.5 Å². The van der Waals surface area contributed by atoms with Crippen molar-refractivity contribution in [1.82, 2.24) is 10.3 Å². The Bertz CT molecular complexity index is 475. The standard InChI is InChI=1S/C13H18N2O3/c1-9-5-11(6-12(16)15-9)13(17)14-7-10-3-2-4-18-8-10/h5-6,10H,2-4,7-8H2,1H3,(H,14,17)(H,15,16)/t10-/m1/s1. The second kappa shape index (κ2) is 5.82. The highest BCUT2D eigenvalue weighted by Gasteiger charge is 2.15. The first-order chi connectivity index (χ1) is 8.65. The van der Waals surface area contributed by atoms with Crippen LogP contribution in [0.25, 0.3) is 0 Å². The molecule has 1 aliphatic rings. The minimum atomic E-state index is -0.249. The lowest BCUT2D eigenvalue weighted by Gasteiger charge is -2.22. The van der Waals surface area contributed by atoms with Crippen molar-refractivity contribution in [3.8, 4) is 0 Å². The average molecular weight is 250 g/mol. The molecule has 5 heteroatoms. The lowest BCUT2D eigenvalue weighted by molar-refractivity contribution is 0.0536. The fourth-order valence-corrected chi connectivity index (χ4v) is 2.12. The number of aryl methyl sites for hydroxylation is 1. The molecule has 98 valence electrons. The molecule has 2 heterocycles. The molecule has 1 aromatic heterocycles. The second-order valence-electron chi connectivity index (χ2n) is 4.71. The van der Waals surface area contributed by atoms with Crippen LogP contribution in [0.5, 0.6) is 0 Å². The van der Waals surface area contributed by atoms with Gasteiger partial charge in [0.15, 0.2) is 0 Å². The fourth-order valence-electron chi connectivity index (χ4n) is 2.12. The summed E-state index contributed by atoms with van der Waals surface area (Å²) in [6, 6.07) is 2.99. The number of rotatable bonds is 3. The van der Waals surface area contributed by atoms with Crippen molar-refractivity contribution in [2.75, 3.05) is 19.8 Å². The minimum absolute atomic E-state index is 0.199. The molecule has 0 spiro atoms. The van der Waals surface area contributed by atoms with Gasteiger partial charge in [0.1, 0.15) is 0 Å². The Balaban J connectivity index is 1.92. The highest BCUT2D eigenvalue weighted by molar-refractivity contribution is 5.94. The third kappa shape index (κ3) is 3.43. The zero-order valence-corrected chi connectivity index (χ0v) is 10.5. The SMILES string of the molecule is Cc1cc(C(=O)NC[C@H]2CCCOC2)cc(=O)[nH]1. The van der Waals surface area contributed by atoms with Gasteiger partial charge < -0.3 is 15.0 Å². The number of nitrogens with one attached hydrogen (secondary N) is 2. The molecule has 2 N–H and O–H groups in total. The summed E-state index contributed by atoms with van der Waals surface area (Å²) in [5.74, 6) is 0.181. The summed E-state index contributed by atoms with van der Waals surface area (Å²) < 4.78 is 5.35. The van der Waals surface area contributed by atoms with Gasteiger partial charge in [-0.15, -0.1) is 0 Å². The molecule has 1 atom stereocenters. The number of ether oxygens (including phenoxy) is 1. The van der Waals surface area contributed by atoms with E-state index in [4.69, 9.17) is 4.74 Å². The Morgan fingerprint density at radius 3 is 3.06 bits per heavy atom. The summed E-state index contributed by atoms with van der Waals surface area (Å²) in [6.45, 7) is 3.88. The first kappa shape index (κ1) is 12.8. The molecule has 0 aromatic carbocycles. The fraction of sp³-hybridized carbons (Fsp3) is 0.538. The largest absolute Gasteiger partial charge is 0.381 e. The molecule has 18 heavy (non-hydrogen) atoms. The number of pyridine rings is 1. The molecule has 0 saturated carbocycles. The van der Waals surface area contributed by atoms with Gasteiger partial charge in [-0.1, -0.05) is 0 Å². The van der Waals surface area contributed by atoms with E-state index in [0.29, 0.717) is 30.3 Å². The van der Waals surface area contributed by atoms with E-state index in [1.165, 1.54) is 6.07 Å². The number of hydrogen-bond acceptors (Lipinski definition) is 3. The molecule has 0 unspecified atom stereocenters. The van der Waals surface area contributed by atoms with Crippen LogP contribution >= 0.6 is 0 Å². The summed E-state index contributed by atoms with van der Waals surface area (Å²) in [4.78, 5) is 25.8. The second-order valence-corrected chi connectivity index (χ2v) is 4.71. The predicted molar refractivity (Wildman–Crippen MR) is 67.7 cm³/mol. The van der Waals surface area contributed by atoms with Crippen molar-refractivity contribution in [2.45, 2.75) is 19.8 Å². The van der Waals surface area contributed by atoms with Gasteiger partial charge in [-0.2, -0.15) is 0 Å². The third-order valence-corrected chi connectivity index (χ3v) is 3.05. The van der Waals surface area contributed by atoms with Crippen LogP contribution in [-0.4, -0.2) is 30.6 Å². The van der Waals surface area contributed by atoms with Gasteiger partial charge in [0.05, 0.1) is 6.61 Å². The van der Waals surface area contributed by atoms with Crippen LogP contribution in [0.3, 0.4) is 0 Å². The molecular formula is C13H18N2O3. The number of carbonyl (C=O) groups excluding carboxylic acids is 1. The number of carbonyl (C=O) groups is 1. The highest BCUT2D eigenvalue weighted by atomic mass is 16.5. The molecule has 1 amide bonds. The molecule has 1 saturated heterocycles. The van der Waals surface area contributed by atoms with Gasteiger partial charge in [0.2, 0.25) is 5.56 Å². The molecule has 0 aliphatic carbocycles. The van der Waals surface area contributed by atoms with Crippen LogP contribution in [0.2, 0.25) is 0 Å². The molecule has 1 fully saturated rings. The van der Waals surface area contributed by atoms with Crippen molar-refractivity contribution >= 4 is 5.91 Å². The van der Waals surface area contributed by atoms with Crippen molar-refractivity contribution in [3.63, 3.8) is 0 Å². The normalized spacial score (nSPS) is 19.5. The Morgan fingerprint density at radius 1 is 1.56 bits per heavy atom. The van der Waals surface area contributed by atoms with Gasteiger partial charge in [-0.25, -0.2) is 0 Å². The van der Waals surface area contributed by atoms with E-state index in [2.05, 4.69) is 10.3 Å². The predicted octanol–water partition coefficient (Wildman–Crippen LogP) is 0.840. The summed E-state index contributed by atoms with van der Waals surface area (Å²) in [7, 11) is 0. The van der Waals surface area contributed by atoms with E-state index in [1.807, 2.05) is 0 Å². The van der Waals surface area contributed by atoms with Crippen LogP contribution < -0.4 is 10.9 Å². The van der Waals surface area contributed by atoms with E-state index >= 15 is 0 Å². The number of hydrogen-bond donors (Lipinski definition) is 2. The van der Waals surface area contributed by atoms with E-state index in [0.717, 1.165) is 19.4 Å². The number of H-pyrrole nitrogens is 1. The van der Waals surface area contributed by atoms with Crippen molar-refractivity contribution in [3.05, 3.63) is 33.7 Å². The first-order valence-corrected chi connectivity index (χ1v) is 6.22. The minimum Gasteiger partial charge on any atom is -0.381 e. The van der Waals surface area contributed by atoms with Gasteiger partial charge >= 0.3 is 0 Å². The van der Waals surface area contributed by atoms with Crippen molar-refractivity contribution in [1.29, 1.82) is 0 Å². The quantitative estimate of drug-likeness (QED) is 0.835. The molecule has 1 aliphatic heterocycles. The van der Waals surface area contributed by atoms with Crippen molar-refractivity contribution in [2.24, 2.45) is 5.92 Å². The Morgan fingerprint density at radius 2 is 2.39 bits per heavy atom. The lowest BCUT2D eigenvalue weighted by atomic mass is 10.0. The summed E-state index contributed by atoms with van der Waals surface area (Å²) in [6.07, 6.45) is 2.12. The third-order valence-electron chi connectivity index (χ3n) is 3.05. The van der Waals surface area contributed by atoms with Crippen molar-refractivity contribution < 1.29 is 9.53 Å². The van der Waals surface area contributed by atoms with Gasteiger partial charge in [-0.05, 0) is 31.7 Å².